The van der Waals surface area contributed by atoms with E-state index in [-0.39, 0.29) is 12.0 Å². The molecule has 1 rings (SSSR count). The van der Waals surface area contributed by atoms with Crippen molar-refractivity contribution >= 4 is 5.97 Å². The fourth-order valence-electron chi connectivity index (χ4n) is 3.07. The highest BCUT2D eigenvalue weighted by atomic mass is 16.5. The molecule has 0 aromatic carbocycles. The molecule has 3 unspecified atom stereocenters. The van der Waals surface area contributed by atoms with E-state index >= 15 is 0 Å². The minimum Gasteiger partial charge on any atom is -0.465 e. The molecule has 0 spiro atoms. The molecule has 1 aliphatic rings. The summed E-state index contributed by atoms with van der Waals surface area (Å²) >= 11 is 0. The molecule has 1 N–H and O–H groups in total. The average Bonchev–Trinajstić information content (AvgIpc) is 2.40. The number of carbonyl (C=O) groups excluding carboxylic acids is 1. The van der Waals surface area contributed by atoms with Crippen molar-refractivity contribution in [2.24, 2.45) is 5.92 Å². The Kier molecular flexibility index (Phi) is 7.39. The molecule has 1 saturated carbocycles. The van der Waals surface area contributed by atoms with Gasteiger partial charge in [0.15, 0.2) is 0 Å². The molecule has 1 aliphatic carbocycles. The van der Waals surface area contributed by atoms with Crippen LogP contribution in [0, 0.1) is 5.92 Å². The minimum absolute atomic E-state index is 0.130. The highest BCUT2D eigenvalue weighted by Gasteiger charge is 2.26. The third-order valence-corrected chi connectivity index (χ3v) is 4.32. The molecule has 0 saturated heterocycles. The highest BCUT2D eigenvalue weighted by Crippen LogP contribution is 2.27. The average molecular weight is 270 g/mol. The van der Waals surface area contributed by atoms with Crippen LogP contribution in [-0.4, -0.2) is 50.2 Å². The van der Waals surface area contributed by atoms with Crippen molar-refractivity contribution < 1.29 is 9.53 Å². The Morgan fingerprint density at radius 2 is 2.11 bits per heavy atom. The maximum Gasteiger partial charge on any atom is 0.323 e. The van der Waals surface area contributed by atoms with E-state index in [2.05, 4.69) is 24.2 Å². The zero-order valence-electron chi connectivity index (χ0n) is 12.9. The highest BCUT2D eigenvalue weighted by molar-refractivity contribution is 5.75. The van der Waals surface area contributed by atoms with Crippen molar-refractivity contribution in [2.75, 3.05) is 27.2 Å². The van der Waals surface area contributed by atoms with Crippen LogP contribution in [0.3, 0.4) is 0 Å². The van der Waals surface area contributed by atoms with Crippen molar-refractivity contribution in [3.05, 3.63) is 0 Å². The van der Waals surface area contributed by atoms with Gasteiger partial charge in [0.1, 0.15) is 6.04 Å². The summed E-state index contributed by atoms with van der Waals surface area (Å²) in [6.07, 6.45) is 6.15. The lowest BCUT2D eigenvalue weighted by molar-refractivity contribution is -0.145. The first-order chi connectivity index (χ1) is 9.10. The number of carbonyl (C=O) groups is 1. The van der Waals surface area contributed by atoms with E-state index in [1.54, 1.807) is 0 Å². The van der Waals surface area contributed by atoms with Crippen LogP contribution in [-0.2, 0) is 9.53 Å². The molecule has 0 radical (unpaired) electrons. The molecule has 0 aromatic rings. The van der Waals surface area contributed by atoms with Crippen molar-refractivity contribution in [3.63, 3.8) is 0 Å². The predicted molar refractivity (Wildman–Crippen MR) is 78.1 cm³/mol. The summed E-state index contributed by atoms with van der Waals surface area (Å²) < 4.78 is 5.07. The standard InChI is InChI=1S/C15H30N2O2/c1-5-19-15(18)13(16-3)10-11-17(4)14-9-7-6-8-12(14)2/h12-14,16H,5-11H2,1-4H3. The second-order valence-corrected chi connectivity index (χ2v) is 5.69. The molecular formula is C15H30N2O2. The SMILES string of the molecule is CCOC(=O)C(CCN(C)C1CCCCC1C)NC. The summed E-state index contributed by atoms with van der Waals surface area (Å²) in [6.45, 7) is 5.59. The molecule has 112 valence electrons. The van der Waals surface area contributed by atoms with Crippen molar-refractivity contribution in [2.45, 2.75) is 58.0 Å². The summed E-state index contributed by atoms with van der Waals surface area (Å²) in [6, 6.07) is 0.495. The van der Waals surface area contributed by atoms with Gasteiger partial charge in [0.25, 0.3) is 0 Å². The van der Waals surface area contributed by atoms with Crippen LogP contribution >= 0.6 is 0 Å². The molecule has 1 fully saturated rings. The van der Waals surface area contributed by atoms with Gasteiger partial charge in [-0.3, -0.25) is 4.79 Å². The summed E-state index contributed by atoms with van der Waals surface area (Å²) in [5.41, 5.74) is 0. The monoisotopic (exact) mass is 270 g/mol. The van der Waals surface area contributed by atoms with Gasteiger partial charge in [0, 0.05) is 12.6 Å². The third-order valence-electron chi connectivity index (χ3n) is 4.32. The van der Waals surface area contributed by atoms with Crippen LogP contribution in [0.15, 0.2) is 0 Å². The first kappa shape index (κ1) is 16.4. The van der Waals surface area contributed by atoms with E-state index < -0.39 is 0 Å². The van der Waals surface area contributed by atoms with Gasteiger partial charge in [0.05, 0.1) is 6.61 Å². The lowest BCUT2D eigenvalue weighted by atomic mass is 9.85. The molecular weight excluding hydrogens is 240 g/mol. The second kappa shape index (κ2) is 8.54. The predicted octanol–water partition coefficient (Wildman–Crippen LogP) is 2.04. The van der Waals surface area contributed by atoms with Gasteiger partial charge in [-0.05, 0) is 46.2 Å². The van der Waals surface area contributed by atoms with Crippen LogP contribution in [0.4, 0.5) is 0 Å². The number of rotatable bonds is 7. The Labute approximate surface area is 117 Å². The third kappa shape index (κ3) is 5.11. The number of likely N-dealkylation sites (N-methyl/N-ethyl adjacent to an activating group) is 1. The van der Waals surface area contributed by atoms with Crippen LogP contribution in [0.25, 0.3) is 0 Å². The number of esters is 1. The van der Waals surface area contributed by atoms with E-state index in [0.717, 1.165) is 18.9 Å². The van der Waals surface area contributed by atoms with E-state index in [0.29, 0.717) is 12.6 Å². The second-order valence-electron chi connectivity index (χ2n) is 5.69. The first-order valence-corrected chi connectivity index (χ1v) is 7.64. The molecule has 3 atom stereocenters. The summed E-state index contributed by atoms with van der Waals surface area (Å²) in [5, 5.41) is 3.05. The smallest absolute Gasteiger partial charge is 0.323 e. The molecule has 19 heavy (non-hydrogen) atoms. The summed E-state index contributed by atoms with van der Waals surface area (Å²) in [7, 11) is 4.01. The number of nitrogens with zero attached hydrogens (tertiary/aromatic N) is 1. The van der Waals surface area contributed by atoms with Gasteiger partial charge in [-0.1, -0.05) is 19.8 Å². The lowest BCUT2D eigenvalue weighted by Crippen LogP contribution is -2.43. The van der Waals surface area contributed by atoms with E-state index in [1.165, 1.54) is 25.7 Å². The van der Waals surface area contributed by atoms with Gasteiger partial charge in [-0.15, -0.1) is 0 Å². The summed E-state index contributed by atoms with van der Waals surface area (Å²) in [4.78, 5) is 14.1. The quantitative estimate of drug-likeness (QED) is 0.719. The molecule has 0 heterocycles. The molecule has 0 aromatic heterocycles. The number of ether oxygens (including phenoxy) is 1. The number of hydrogen-bond acceptors (Lipinski definition) is 4. The van der Waals surface area contributed by atoms with Gasteiger partial charge in [-0.2, -0.15) is 0 Å². The molecule has 4 heteroatoms. The Bertz CT molecular complexity index is 271. The van der Waals surface area contributed by atoms with Crippen LogP contribution in [0.1, 0.15) is 46.0 Å². The van der Waals surface area contributed by atoms with E-state index in [1.807, 2.05) is 14.0 Å². The van der Waals surface area contributed by atoms with Crippen LogP contribution < -0.4 is 5.32 Å². The Hall–Kier alpha value is -0.610. The normalized spacial score (nSPS) is 25.3. The first-order valence-electron chi connectivity index (χ1n) is 7.64. The maximum atomic E-state index is 11.7. The fourth-order valence-corrected chi connectivity index (χ4v) is 3.07. The molecule has 0 aliphatic heterocycles. The van der Waals surface area contributed by atoms with Gasteiger partial charge in [-0.25, -0.2) is 0 Å². The Balaban J connectivity index is 2.38. The lowest BCUT2D eigenvalue weighted by Gasteiger charge is -2.36. The number of hydrogen-bond donors (Lipinski definition) is 1. The zero-order valence-corrected chi connectivity index (χ0v) is 12.9. The summed E-state index contributed by atoms with van der Waals surface area (Å²) in [5.74, 6) is 0.643. The Morgan fingerprint density at radius 3 is 2.68 bits per heavy atom. The van der Waals surface area contributed by atoms with Crippen molar-refractivity contribution in [1.29, 1.82) is 0 Å². The zero-order chi connectivity index (χ0) is 14.3. The van der Waals surface area contributed by atoms with Crippen LogP contribution in [0.5, 0.6) is 0 Å². The van der Waals surface area contributed by atoms with E-state index in [9.17, 15) is 4.79 Å². The van der Waals surface area contributed by atoms with Crippen LogP contribution in [0.2, 0.25) is 0 Å². The topological polar surface area (TPSA) is 41.6 Å². The van der Waals surface area contributed by atoms with Gasteiger partial charge >= 0.3 is 5.97 Å². The van der Waals surface area contributed by atoms with Gasteiger partial charge in [0.2, 0.25) is 0 Å². The molecule has 0 amide bonds. The van der Waals surface area contributed by atoms with Gasteiger partial charge < -0.3 is 15.0 Å². The van der Waals surface area contributed by atoms with Crippen molar-refractivity contribution in [1.82, 2.24) is 10.2 Å². The Morgan fingerprint density at radius 1 is 1.42 bits per heavy atom. The minimum atomic E-state index is -0.179. The fraction of sp³-hybridized carbons (Fsp3) is 0.933. The largest absolute Gasteiger partial charge is 0.465 e. The number of nitrogens with one attached hydrogen (secondary N) is 1. The molecule has 0 bridgehead atoms. The maximum absolute atomic E-state index is 11.7. The van der Waals surface area contributed by atoms with E-state index in [4.69, 9.17) is 4.74 Å². The van der Waals surface area contributed by atoms with Crippen molar-refractivity contribution in [3.8, 4) is 0 Å². The molecule has 4 nitrogen and oxygen atoms in total.